The quantitative estimate of drug-likeness (QED) is 0.849. The molecule has 1 aliphatic heterocycles. The van der Waals surface area contributed by atoms with Crippen molar-refractivity contribution >= 4 is 28.9 Å². The average Bonchev–Trinajstić information content (AvgIpc) is 2.94. The van der Waals surface area contributed by atoms with Crippen LogP contribution in [0.2, 0.25) is 0 Å². The SMILES string of the molecule is Cc1ccsc1CNC(=O)C1CC(C(=O)O)=NO1. The van der Waals surface area contributed by atoms with E-state index in [2.05, 4.69) is 10.5 Å². The summed E-state index contributed by atoms with van der Waals surface area (Å²) in [6, 6.07) is 1.98. The van der Waals surface area contributed by atoms with Gasteiger partial charge >= 0.3 is 5.97 Å². The van der Waals surface area contributed by atoms with Gasteiger partial charge in [-0.25, -0.2) is 4.79 Å². The highest BCUT2D eigenvalue weighted by molar-refractivity contribution is 7.10. The lowest BCUT2D eigenvalue weighted by Gasteiger charge is -2.08. The molecule has 1 aliphatic rings. The van der Waals surface area contributed by atoms with Crippen LogP contribution in [0.3, 0.4) is 0 Å². The van der Waals surface area contributed by atoms with E-state index < -0.39 is 12.1 Å². The van der Waals surface area contributed by atoms with Crippen molar-refractivity contribution in [2.45, 2.75) is 26.0 Å². The van der Waals surface area contributed by atoms with Gasteiger partial charge in [0.05, 0.1) is 6.54 Å². The number of aryl methyl sites for hydroxylation is 1. The number of rotatable bonds is 4. The fourth-order valence-electron chi connectivity index (χ4n) is 1.51. The summed E-state index contributed by atoms with van der Waals surface area (Å²) in [7, 11) is 0. The Morgan fingerprint density at radius 1 is 1.67 bits per heavy atom. The largest absolute Gasteiger partial charge is 0.477 e. The van der Waals surface area contributed by atoms with Crippen molar-refractivity contribution in [1.82, 2.24) is 5.32 Å². The second kappa shape index (κ2) is 5.18. The summed E-state index contributed by atoms with van der Waals surface area (Å²) in [4.78, 5) is 28.2. The monoisotopic (exact) mass is 268 g/mol. The molecule has 0 aliphatic carbocycles. The third-order valence-electron chi connectivity index (χ3n) is 2.60. The summed E-state index contributed by atoms with van der Waals surface area (Å²) < 4.78 is 0. The van der Waals surface area contributed by atoms with Gasteiger partial charge in [-0.15, -0.1) is 11.3 Å². The van der Waals surface area contributed by atoms with Crippen molar-refractivity contribution in [2.75, 3.05) is 0 Å². The van der Waals surface area contributed by atoms with Crippen LogP contribution < -0.4 is 5.32 Å². The molecule has 0 aromatic carbocycles. The Morgan fingerprint density at radius 2 is 2.44 bits per heavy atom. The van der Waals surface area contributed by atoms with E-state index in [1.807, 2.05) is 18.4 Å². The van der Waals surface area contributed by atoms with E-state index in [0.717, 1.165) is 10.4 Å². The van der Waals surface area contributed by atoms with Gasteiger partial charge in [0.1, 0.15) is 0 Å². The molecular weight excluding hydrogens is 256 g/mol. The van der Waals surface area contributed by atoms with Gasteiger partial charge in [0.15, 0.2) is 5.71 Å². The first-order chi connectivity index (χ1) is 8.58. The maximum atomic E-state index is 11.7. The zero-order chi connectivity index (χ0) is 13.1. The predicted molar refractivity (Wildman–Crippen MR) is 65.5 cm³/mol. The van der Waals surface area contributed by atoms with E-state index in [0.29, 0.717) is 6.54 Å². The molecule has 0 fully saturated rings. The third-order valence-corrected chi connectivity index (χ3v) is 3.62. The molecule has 6 nitrogen and oxygen atoms in total. The molecular formula is C11H12N2O4S. The van der Waals surface area contributed by atoms with Crippen molar-refractivity contribution in [3.63, 3.8) is 0 Å². The fourth-order valence-corrected chi connectivity index (χ4v) is 2.36. The van der Waals surface area contributed by atoms with Crippen LogP contribution in [0, 0.1) is 6.92 Å². The Hall–Kier alpha value is -1.89. The van der Waals surface area contributed by atoms with E-state index >= 15 is 0 Å². The van der Waals surface area contributed by atoms with E-state index in [9.17, 15) is 9.59 Å². The predicted octanol–water partition coefficient (Wildman–Crippen LogP) is 0.902. The van der Waals surface area contributed by atoms with Gasteiger partial charge in [-0.05, 0) is 23.9 Å². The van der Waals surface area contributed by atoms with Crippen LogP contribution in [-0.4, -0.2) is 28.8 Å². The minimum Gasteiger partial charge on any atom is -0.477 e. The van der Waals surface area contributed by atoms with E-state index in [1.165, 1.54) is 0 Å². The number of amides is 1. The first kappa shape index (κ1) is 12.6. The first-order valence-corrected chi connectivity index (χ1v) is 6.22. The lowest BCUT2D eigenvalue weighted by molar-refractivity contribution is -0.131. The minimum absolute atomic E-state index is 0.00455. The maximum absolute atomic E-state index is 11.7. The molecule has 1 unspecified atom stereocenters. The summed E-state index contributed by atoms with van der Waals surface area (Å²) >= 11 is 1.56. The number of carbonyl (C=O) groups is 2. The van der Waals surface area contributed by atoms with E-state index in [4.69, 9.17) is 9.94 Å². The van der Waals surface area contributed by atoms with Gasteiger partial charge < -0.3 is 15.3 Å². The standard InChI is InChI=1S/C11H12N2O4S/c1-6-2-3-18-9(6)5-12-10(14)8-4-7(11(15)16)13-17-8/h2-3,8H,4-5H2,1H3,(H,12,14)(H,15,16). The van der Waals surface area contributed by atoms with Crippen LogP contribution in [0.15, 0.2) is 16.6 Å². The number of nitrogens with one attached hydrogen (secondary N) is 1. The fraction of sp³-hybridized carbons (Fsp3) is 0.364. The smallest absolute Gasteiger partial charge is 0.353 e. The molecule has 96 valence electrons. The molecule has 0 bridgehead atoms. The number of carboxylic acid groups (broad SMARTS) is 1. The number of nitrogens with zero attached hydrogens (tertiary/aromatic N) is 1. The van der Waals surface area contributed by atoms with Crippen molar-refractivity contribution < 1.29 is 19.5 Å². The van der Waals surface area contributed by atoms with Gasteiger partial charge in [-0.2, -0.15) is 0 Å². The van der Waals surface area contributed by atoms with Gasteiger partial charge in [0.2, 0.25) is 6.10 Å². The minimum atomic E-state index is -1.15. The molecule has 0 radical (unpaired) electrons. The molecule has 0 saturated carbocycles. The number of hydrogen-bond donors (Lipinski definition) is 2. The first-order valence-electron chi connectivity index (χ1n) is 5.34. The molecule has 2 N–H and O–H groups in total. The molecule has 1 aromatic heterocycles. The molecule has 7 heteroatoms. The Labute approximate surface area is 107 Å². The van der Waals surface area contributed by atoms with Crippen molar-refractivity contribution in [3.8, 4) is 0 Å². The molecule has 1 amide bonds. The molecule has 1 aromatic rings. The molecule has 2 rings (SSSR count). The second-order valence-corrected chi connectivity index (χ2v) is 4.89. The molecule has 2 heterocycles. The summed E-state index contributed by atoms with van der Waals surface area (Å²) in [5, 5.41) is 16.7. The zero-order valence-electron chi connectivity index (χ0n) is 9.67. The van der Waals surface area contributed by atoms with Crippen LogP contribution in [0.4, 0.5) is 0 Å². The number of aliphatic carboxylic acids is 1. The van der Waals surface area contributed by atoms with Crippen LogP contribution in [0.1, 0.15) is 16.9 Å². The highest BCUT2D eigenvalue weighted by atomic mass is 32.1. The van der Waals surface area contributed by atoms with E-state index in [-0.39, 0.29) is 18.0 Å². The van der Waals surface area contributed by atoms with Crippen LogP contribution >= 0.6 is 11.3 Å². The van der Waals surface area contributed by atoms with Gasteiger partial charge in [0, 0.05) is 11.3 Å². The highest BCUT2D eigenvalue weighted by Gasteiger charge is 2.31. The van der Waals surface area contributed by atoms with Gasteiger partial charge in [-0.3, -0.25) is 4.79 Å². The number of oxime groups is 1. The Balaban J connectivity index is 1.84. The van der Waals surface area contributed by atoms with E-state index in [1.54, 1.807) is 11.3 Å². The van der Waals surface area contributed by atoms with Crippen molar-refractivity contribution in [1.29, 1.82) is 0 Å². The van der Waals surface area contributed by atoms with Crippen LogP contribution in [0.5, 0.6) is 0 Å². The maximum Gasteiger partial charge on any atom is 0.353 e. The lowest BCUT2D eigenvalue weighted by atomic mass is 10.1. The number of hydrogen-bond acceptors (Lipinski definition) is 5. The summed E-state index contributed by atoms with van der Waals surface area (Å²) in [6.07, 6.45) is -0.832. The highest BCUT2D eigenvalue weighted by Crippen LogP contribution is 2.16. The van der Waals surface area contributed by atoms with Crippen LogP contribution in [0.25, 0.3) is 0 Å². The summed E-state index contributed by atoms with van der Waals surface area (Å²) in [5.74, 6) is -1.50. The molecule has 18 heavy (non-hydrogen) atoms. The Kier molecular flexibility index (Phi) is 3.61. The summed E-state index contributed by atoms with van der Waals surface area (Å²) in [6.45, 7) is 2.39. The Bertz CT molecular complexity index is 509. The third kappa shape index (κ3) is 2.67. The van der Waals surface area contributed by atoms with Crippen molar-refractivity contribution in [2.24, 2.45) is 5.16 Å². The number of thiophene rings is 1. The van der Waals surface area contributed by atoms with Gasteiger partial charge in [-0.1, -0.05) is 5.16 Å². The van der Waals surface area contributed by atoms with Crippen LogP contribution in [-0.2, 0) is 21.0 Å². The zero-order valence-corrected chi connectivity index (χ0v) is 10.5. The lowest BCUT2D eigenvalue weighted by Crippen LogP contribution is -2.34. The topological polar surface area (TPSA) is 88.0 Å². The Morgan fingerprint density at radius 3 is 3.00 bits per heavy atom. The summed E-state index contributed by atoms with van der Waals surface area (Å²) in [5.41, 5.74) is 0.998. The van der Waals surface area contributed by atoms with Gasteiger partial charge in [0.25, 0.3) is 5.91 Å². The van der Waals surface area contributed by atoms with Crippen molar-refractivity contribution in [3.05, 3.63) is 21.9 Å². The molecule has 0 saturated heterocycles. The molecule has 0 spiro atoms. The molecule has 1 atom stereocenters. The second-order valence-electron chi connectivity index (χ2n) is 3.89. The number of carbonyl (C=O) groups excluding carboxylic acids is 1. The normalized spacial score (nSPS) is 18.1. The average molecular weight is 268 g/mol. The number of carboxylic acids is 1.